The molecule has 0 saturated heterocycles. The Labute approximate surface area is 166 Å². The van der Waals surface area contributed by atoms with Gasteiger partial charge in [-0.2, -0.15) is 10.4 Å². The number of fused-ring (bicyclic) bond motifs is 1. The fraction of sp³-hybridized carbons (Fsp3) is 0.0909. The zero-order valence-corrected chi connectivity index (χ0v) is 15.7. The average Bonchev–Trinajstić information content (AvgIpc) is 3.14. The van der Waals surface area contributed by atoms with Crippen molar-refractivity contribution in [2.75, 3.05) is 5.32 Å². The summed E-state index contributed by atoms with van der Waals surface area (Å²) in [7, 11) is 0. The molecule has 2 aromatic carbocycles. The highest BCUT2D eigenvalue weighted by atomic mass is 16.2. The van der Waals surface area contributed by atoms with Crippen LogP contribution in [0.15, 0.2) is 71.7 Å². The van der Waals surface area contributed by atoms with Gasteiger partial charge in [-0.1, -0.05) is 36.4 Å². The number of benzene rings is 2. The van der Waals surface area contributed by atoms with E-state index in [0.29, 0.717) is 11.2 Å². The van der Waals surface area contributed by atoms with Crippen LogP contribution in [-0.2, 0) is 11.3 Å². The second-order valence-corrected chi connectivity index (χ2v) is 6.58. The van der Waals surface area contributed by atoms with Crippen LogP contribution in [0, 0.1) is 18.3 Å². The molecule has 0 aliphatic heterocycles. The molecule has 0 saturated carbocycles. The number of aryl methyl sites for hydroxylation is 1. The number of aromatic nitrogens is 3. The van der Waals surface area contributed by atoms with Crippen molar-refractivity contribution in [3.05, 3.63) is 88.3 Å². The van der Waals surface area contributed by atoms with Gasteiger partial charge in [0.05, 0.1) is 17.4 Å². The minimum absolute atomic E-state index is 0.176. The van der Waals surface area contributed by atoms with Gasteiger partial charge in [0, 0.05) is 11.5 Å². The molecule has 0 aliphatic rings. The molecule has 0 radical (unpaired) electrons. The Kier molecular flexibility index (Phi) is 4.67. The van der Waals surface area contributed by atoms with Crippen molar-refractivity contribution in [2.45, 2.75) is 13.5 Å². The average molecular weight is 383 g/mol. The van der Waals surface area contributed by atoms with Gasteiger partial charge in [0.25, 0.3) is 5.56 Å². The first-order valence-electron chi connectivity index (χ1n) is 9.01. The third-order valence-corrected chi connectivity index (χ3v) is 4.68. The van der Waals surface area contributed by atoms with Gasteiger partial charge in [-0.25, -0.2) is 4.68 Å². The number of nitrogens with one attached hydrogen (secondary N) is 1. The molecule has 4 aromatic rings. The molecule has 7 nitrogen and oxygen atoms in total. The predicted octanol–water partition coefficient (Wildman–Crippen LogP) is 3.01. The molecule has 1 amide bonds. The van der Waals surface area contributed by atoms with Gasteiger partial charge in [-0.15, -0.1) is 0 Å². The van der Waals surface area contributed by atoms with Crippen molar-refractivity contribution < 1.29 is 4.79 Å². The summed E-state index contributed by atoms with van der Waals surface area (Å²) in [4.78, 5) is 25.3. The van der Waals surface area contributed by atoms with E-state index < -0.39 is 5.91 Å². The SMILES string of the molecule is Cc1cc(=O)n(CC(=O)Nc2c(C#N)cnn2-c2ccccc2)c2ccccc12. The Morgan fingerprint density at radius 1 is 1.14 bits per heavy atom. The van der Waals surface area contributed by atoms with Gasteiger partial charge in [-0.05, 0) is 30.7 Å². The zero-order valence-electron chi connectivity index (χ0n) is 15.7. The second-order valence-electron chi connectivity index (χ2n) is 6.58. The van der Waals surface area contributed by atoms with Crippen LogP contribution in [0.4, 0.5) is 5.82 Å². The Hall–Kier alpha value is -4.18. The Bertz CT molecular complexity index is 1310. The standard InChI is InChI=1S/C22H17N5O2/c1-15-11-21(29)26(19-10-6-5-9-18(15)19)14-20(28)25-22-16(12-23)13-24-27(22)17-7-3-2-4-8-17/h2-11,13H,14H2,1H3,(H,25,28). The molecular weight excluding hydrogens is 366 g/mol. The van der Waals surface area contributed by atoms with Gasteiger partial charge >= 0.3 is 0 Å². The Morgan fingerprint density at radius 3 is 2.62 bits per heavy atom. The third-order valence-electron chi connectivity index (χ3n) is 4.68. The number of nitriles is 1. The number of para-hydroxylation sites is 2. The van der Waals surface area contributed by atoms with Crippen LogP contribution in [0.25, 0.3) is 16.6 Å². The first-order valence-corrected chi connectivity index (χ1v) is 9.01. The molecule has 0 bridgehead atoms. The van der Waals surface area contributed by atoms with Crippen LogP contribution in [0.1, 0.15) is 11.1 Å². The number of amides is 1. The van der Waals surface area contributed by atoms with Gasteiger partial charge < -0.3 is 5.32 Å². The summed E-state index contributed by atoms with van der Waals surface area (Å²) in [5, 5.41) is 17.2. The number of hydrogen-bond donors (Lipinski definition) is 1. The lowest BCUT2D eigenvalue weighted by atomic mass is 10.1. The number of hydrogen-bond acceptors (Lipinski definition) is 4. The quantitative estimate of drug-likeness (QED) is 0.586. The van der Waals surface area contributed by atoms with Crippen molar-refractivity contribution in [3.8, 4) is 11.8 Å². The number of carbonyl (C=O) groups excluding carboxylic acids is 1. The highest BCUT2D eigenvalue weighted by molar-refractivity contribution is 5.92. The normalized spacial score (nSPS) is 10.6. The minimum Gasteiger partial charge on any atom is -0.308 e. The summed E-state index contributed by atoms with van der Waals surface area (Å²) in [5.41, 5.74) is 2.24. The summed E-state index contributed by atoms with van der Waals surface area (Å²) in [5.74, 6) is -0.150. The van der Waals surface area contributed by atoms with Crippen molar-refractivity contribution in [3.63, 3.8) is 0 Å². The molecule has 1 N–H and O–H groups in total. The summed E-state index contributed by atoms with van der Waals surface area (Å²) in [6, 6.07) is 20.2. The van der Waals surface area contributed by atoms with E-state index in [2.05, 4.69) is 10.4 Å². The van der Waals surface area contributed by atoms with E-state index in [9.17, 15) is 14.9 Å². The van der Waals surface area contributed by atoms with Gasteiger partial charge in [0.2, 0.25) is 5.91 Å². The number of rotatable bonds is 4. The summed E-state index contributed by atoms with van der Waals surface area (Å²) >= 11 is 0. The van der Waals surface area contributed by atoms with Crippen molar-refractivity contribution in [1.29, 1.82) is 5.26 Å². The maximum absolute atomic E-state index is 12.8. The fourth-order valence-corrected chi connectivity index (χ4v) is 3.30. The van der Waals surface area contributed by atoms with Crippen LogP contribution in [-0.4, -0.2) is 20.3 Å². The summed E-state index contributed by atoms with van der Waals surface area (Å²) in [6.07, 6.45) is 1.40. The molecule has 0 atom stereocenters. The van der Waals surface area contributed by atoms with Crippen molar-refractivity contribution >= 4 is 22.6 Å². The fourth-order valence-electron chi connectivity index (χ4n) is 3.30. The van der Waals surface area contributed by atoms with Crippen molar-refractivity contribution in [2.24, 2.45) is 0 Å². The van der Waals surface area contributed by atoms with Crippen LogP contribution in [0.5, 0.6) is 0 Å². The maximum Gasteiger partial charge on any atom is 0.251 e. The largest absolute Gasteiger partial charge is 0.308 e. The monoisotopic (exact) mass is 383 g/mol. The molecule has 0 fully saturated rings. The molecule has 0 aliphatic carbocycles. The van der Waals surface area contributed by atoms with E-state index in [1.807, 2.05) is 67.6 Å². The first-order chi connectivity index (χ1) is 14.1. The summed E-state index contributed by atoms with van der Waals surface area (Å²) < 4.78 is 2.92. The lowest BCUT2D eigenvalue weighted by Gasteiger charge is -2.13. The van der Waals surface area contributed by atoms with E-state index in [1.165, 1.54) is 21.5 Å². The lowest BCUT2D eigenvalue weighted by molar-refractivity contribution is -0.116. The van der Waals surface area contributed by atoms with Gasteiger partial charge in [0.15, 0.2) is 5.82 Å². The summed E-state index contributed by atoms with van der Waals surface area (Å²) in [6.45, 7) is 1.69. The van der Waals surface area contributed by atoms with Crippen LogP contribution in [0.3, 0.4) is 0 Å². The smallest absolute Gasteiger partial charge is 0.251 e. The van der Waals surface area contributed by atoms with Crippen molar-refractivity contribution in [1.82, 2.24) is 14.3 Å². The molecule has 29 heavy (non-hydrogen) atoms. The van der Waals surface area contributed by atoms with Crippen LogP contribution < -0.4 is 10.9 Å². The van der Waals surface area contributed by atoms with E-state index in [-0.39, 0.29) is 23.5 Å². The Morgan fingerprint density at radius 2 is 1.86 bits per heavy atom. The molecular formula is C22H17N5O2. The lowest BCUT2D eigenvalue weighted by Crippen LogP contribution is -2.28. The van der Waals surface area contributed by atoms with Gasteiger partial charge in [0.1, 0.15) is 18.2 Å². The molecule has 2 heterocycles. The predicted molar refractivity (Wildman–Crippen MR) is 110 cm³/mol. The minimum atomic E-state index is -0.421. The number of carbonyl (C=O) groups is 1. The molecule has 7 heteroatoms. The van der Waals surface area contributed by atoms with E-state index in [4.69, 9.17) is 0 Å². The highest BCUT2D eigenvalue weighted by Gasteiger charge is 2.16. The second kappa shape index (κ2) is 7.44. The molecule has 4 rings (SSSR count). The maximum atomic E-state index is 12.8. The molecule has 142 valence electrons. The Balaban J connectivity index is 1.69. The van der Waals surface area contributed by atoms with E-state index in [0.717, 1.165) is 10.9 Å². The molecule has 2 aromatic heterocycles. The topological polar surface area (TPSA) is 92.7 Å². The first kappa shape index (κ1) is 18.2. The molecule has 0 spiro atoms. The highest BCUT2D eigenvalue weighted by Crippen LogP contribution is 2.20. The third kappa shape index (κ3) is 3.39. The number of nitrogens with zero attached hydrogens (tertiary/aromatic N) is 4. The number of pyridine rings is 1. The van der Waals surface area contributed by atoms with Crippen LogP contribution in [0.2, 0.25) is 0 Å². The van der Waals surface area contributed by atoms with E-state index in [1.54, 1.807) is 0 Å². The van der Waals surface area contributed by atoms with Gasteiger partial charge in [-0.3, -0.25) is 14.2 Å². The van der Waals surface area contributed by atoms with Crippen LogP contribution >= 0.6 is 0 Å². The zero-order chi connectivity index (χ0) is 20.4. The van der Waals surface area contributed by atoms with E-state index >= 15 is 0 Å². The number of anilines is 1. The molecule has 0 unspecified atom stereocenters.